The molecule has 0 aromatic carbocycles. The third kappa shape index (κ3) is 1.42. The lowest BCUT2D eigenvalue weighted by molar-refractivity contribution is 0.0510. The highest BCUT2D eigenvalue weighted by Gasteiger charge is 2.38. The van der Waals surface area contributed by atoms with Crippen LogP contribution in [0.2, 0.25) is 0 Å². The summed E-state index contributed by atoms with van der Waals surface area (Å²) in [6.07, 6.45) is 1.13. The molecule has 1 aliphatic rings. The van der Waals surface area contributed by atoms with Gasteiger partial charge in [0.05, 0.1) is 0 Å². The molecule has 2 atom stereocenters. The molecule has 1 rings (SSSR count). The molecule has 0 aromatic heterocycles. The van der Waals surface area contributed by atoms with E-state index in [0.717, 1.165) is 13.0 Å². The van der Waals surface area contributed by atoms with Gasteiger partial charge in [-0.15, -0.1) is 0 Å². The quantitative estimate of drug-likeness (QED) is 0.568. The highest BCUT2D eigenvalue weighted by molar-refractivity contribution is 4.94. The maximum absolute atomic E-state index is 6.04. The Labute approximate surface area is 69.8 Å². The second-order valence-corrected chi connectivity index (χ2v) is 4.37. The Morgan fingerprint density at radius 3 is 2.45 bits per heavy atom. The summed E-state index contributed by atoms with van der Waals surface area (Å²) in [4.78, 5) is 2.39. The molecule has 1 heterocycles. The molecule has 0 spiro atoms. The van der Waals surface area contributed by atoms with E-state index in [1.165, 1.54) is 0 Å². The van der Waals surface area contributed by atoms with E-state index in [0.29, 0.717) is 12.1 Å². The molecule has 0 amide bonds. The molecule has 2 N–H and O–H groups in total. The van der Waals surface area contributed by atoms with Crippen LogP contribution in [0, 0.1) is 5.41 Å². The fourth-order valence-electron chi connectivity index (χ4n) is 1.79. The summed E-state index contributed by atoms with van der Waals surface area (Å²) in [5.41, 5.74) is 6.31. The van der Waals surface area contributed by atoms with Crippen LogP contribution < -0.4 is 5.73 Å². The molecule has 11 heavy (non-hydrogen) atoms. The van der Waals surface area contributed by atoms with Crippen LogP contribution in [-0.2, 0) is 0 Å². The zero-order valence-corrected chi connectivity index (χ0v) is 8.09. The summed E-state index contributed by atoms with van der Waals surface area (Å²) in [5, 5.41) is 0. The second-order valence-electron chi connectivity index (χ2n) is 4.37. The number of hydrogen-bond donors (Lipinski definition) is 1. The van der Waals surface area contributed by atoms with E-state index in [-0.39, 0.29) is 5.41 Å². The molecule has 1 aliphatic heterocycles. The minimum atomic E-state index is 0.271. The van der Waals surface area contributed by atoms with Crippen molar-refractivity contribution < 1.29 is 0 Å². The van der Waals surface area contributed by atoms with Crippen LogP contribution in [0.15, 0.2) is 0 Å². The molecule has 1 saturated heterocycles. The Hall–Kier alpha value is -0.0800. The number of rotatable bonds is 0. The van der Waals surface area contributed by atoms with Crippen molar-refractivity contribution in [3.8, 4) is 0 Å². The Balaban J connectivity index is 2.72. The van der Waals surface area contributed by atoms with Crippen LogP contribution >= 0.6 is 0 Å². The Kier molecular flexibility index (Phi) is 2.26. The predicted octanol–water partition coefficient (Wildman–Crippen LogP) is 1.06. The molecule has 1 fully saturated rings. The highest BCUT2D eigenvalue weighted by Crippen LogP contribution is 2.32. The van der Waals surface area contributed by atoms with Gasteiger partial charge in [-0.2, -0.15) is 0 Å². The number of piperidine rings is 1. The van der Waals surface area contributed by atoms with Gasteiger partial charge in [-0.25, -0.2) is 0 Å². The Morgan fingerprint density at radius 2 is 2.00 bits per heavy atom. The smallest absolute Gasteiger partial charge is 0.0130 e. The average Bonchev–Trinajstić information content (AvgIpc) is 1.95. The average molecular weight is 156 g/mol. The van der Waals surface area contributed by atoms with E-state index in [4.69, 9.17) is 5.73 Å². The van der Waals surface area contributed by atoms with Crippen molar-refractivity contribution in [3.63, 3.8) is 0 Å². The first-order chi connectivity index (χ1) is 4.96. The number of nitrogens with zero attached hydrogens (tertiary/aromatic N) is 1. The minimum absolute atomic E-state index is 0.271. The fraction of sp³-hybridized carbons (Fsp3) is 1.00. The first kappa shape index (κ1) is 9.01. The standard InChI is InChI=1S/C9H20N2/c1-7-9(2,3)8(10)5-6-11(7)4/h7-8H,5-6,10H2,1-4H3. The van der Waals surface area contributed by atoms with Gasteiger partial charge in [-0.1, -0.05) is 13.8 Å². The van der Waals surface area contributed by atoms with Crippen molar-refractivity contribution in [2.75, 3.05) is 13.6 Å². The molecule has 0 aromatic rings. The highest BCUT2D eigenvalue weighted by atomic mass is 15.2. The summed E-state index contributed by atoms with van der Waals surface area (Å²) >= 11 is 0. The van der Waals surface area contributed by atoms with Gasteiger partial charge in [-0.05, 0) is 32.4 Å². The summed E-state index contributed by atoms with van der Waals surface area (Å²) in [6.45, 7) is 7.93. The van der Waals surface area contributed by atoms with Crippen molar-refractivity contribution in [2.45, 2.75) is 39.3 Å². The van der Waals surface area contributed by atoms with Crippen LogP contribution in [0.1, 0.15) is 27.2 Å². The first-order valence-corrected chi connectivity index (χ1v) is 4.42. The number of hydrogen-bond acceptors (Lipinski definition) is 2. The van der Waals surface area contributed by atoms with Crippen molar-refractivity contribution in [3.05, 3.63) is 0 Å². The lowest BCUT2D eigenvalue weighted by Crippen LogP contribution is -2.56. The molecular weight excluding hydrogens is 136 g/mol. The largest absolute Gasteiger partial charge is 0.327 e. The van der Waals surface area contributed by atoms with Gasteiger partial charge in [0.25, 0.3) is 0 Å². The maximum Gasteiger partial charge on any atom is 0.0130 e. The third-order valence-electron chi connectivity index (χ3n) is 3.49. The molecule has 0 saturated carbocycles. The zero-order chi connectivity index (χ0) is 8.65. The van der Waals surface area contributed by atoms with Crippen molar-refractivity contribution in [2.24, 2.45) is 11.1 Å². The van der Waals surface area contributed by atoms with E-state index >= 15 is 0 Å². The van der Waals surface area contributed by atoms with E-state index in [2.05, 4.69) is 32.7 Å². The maximum atomic E-state index is 6.04. The summed E-state index contributed by atoms with van der Waals surface area (Å²) in [7, 11) is 2.18. The number of likely N-dealkylation sites (tertiary alicyclic amines) is 1. The van der Waals surface area contributed by atoms with Crippen molar-refractivity contribution in [1.82, 2.24) is 4.90 Å². The fourth-order valence-corrected chi connectivity index (χ4v) is 1.79. The molecule has 2 heteroatoms. The van der Waals surface area contributed by atoms with Crippen LogP contribution in [0.5, 0.6) is 0 Å². The van der Waals surface area contributed by atoms with Gasteiger partial charge in [0.1, 0.15) is 0 Å². The van der Waals surface area contributed by atoms with Crippen molar-refractivity contribution >= 4 is 0 Å². The number of nitrogens with two attached hydrogens (primary N) is 1. The van der Waals surface area contributed by atoms with Gasteiger partial charge < -0.3 is 10.6 Å². The second kappa shape index (κ2) is 2.76. The Bertz CT molecular complexity index is 142. The third-order valence-corrected chi connectivity index (χ3v) is 3.49. The SMILES string of the molecule is CC1N(C)CCC(N)C1(C)C. The zero-order valence-electron chi connectivity index (χ0n) is 8.09. The molecule has 0 bridgehead atoms. The van der Waals surface area contributed by atoms with Gasteiger partial charge in [0.2, 0.25) is 0 Å². The first-order valence-electron chi connectivity index (χ1n) is 4.42. The topological polar surface area (TPSA) is 29.3 Å². The summed E-state index contributed by atoms with van der Waals surface area (Å²) < 4.78 is 0. The van der Waals surface area contributed by atoms with Gasteiger partial charge in [0, 0.05) is 12.1 Å². The van der Waals surface area contributed by atoms with E-state index < -0.39 is 0 Å². The van der Waals surface area contributed by atoms with E-state index in [1.54, 1.807) is 0 Å². The Morgan fingerprint density at radius 1 is 1.45 bits per heavy atom. The molecular formula is C9H20N2. The minimum Gasteiger partial charge on any atom is -0.327 e. The van der Waals surface area contributed by atoms with Crippen LogP contribution in [0.25, 0.3) is 0 Å². The van der Waals surface area contributed by atoms with Crippen LogP contribution in [0.4, 0.5) is 0 Å². The van der Waals surface area contributed by atoms with Crippen LogP contribution in [0.3, 0.4) is 0 Å². The normalized spacial score (nSPS) is 39.0. The van der Waals surface area contributed by atoms with E-state index in [9.17, 15) is 0 Å². The molecule has 2 nitrogen and oxygen atoms in total. The summed E-state index contributed by atoms with van der Waals surface area (Å²) in [5.74, 6) is 0. The molecule has 0 radical (unpaired) electrons. The lowest BCUT2D eigenvalue weighted by atomic mass is 9.74. The molecule has 66 valence electrons. The predicted molar refractivity (Wildman–Crippen MR) is 48.5 cm³/mol. The lowest BCUT2D eigenvalue weighted by Gasteiger charge is -2.47. The molecule has 2 unspecified atom stereocenters. The van der Waals surface area contributed by atoms with E-state index in [1.807, 2.05) is 0 Å². The van der Waals surface area contributed by atoms with Gasteiger partial charge in [-0.3, -0.25) is 0 Å². The van der Waals surface area contributed by atoms with Gasteiger partial charge in [0.15, 0.2) is 0 Å². The van der Waals surface area contributed by atoms with Gasteiger partial charge >= 0.3 is 0 Å². The molecule has 0 aliphatic carbocycles. The summed E-state index contributed by atoms with van der Waals surface area (Å²) in [6, 6.07) is 0.972. The monoisotopic (exact) mass is 156 g/mol. The van der Waals surface area contributed by atoms with Crippen LogP contribution in [-0.4, -0.2) is 30.6 Å². The van der Waals surface area contributed by atoms with Crippen molar-refractivity contribution in [1.29, 1.82) is 0 Å².